The number of nitrogens with two attached hydrogens (primary N) is 1. The monoisotopic (exact) mass is 310 g/mol. The minimum absolute atomic E-state index is 0.137. The van der Waals surface area contributed by atoms with E-state index in [1.807, 2.05) is 0 Å². The summed E-state index contributed by atoms with van der Waals surface area (Å²) in [5.74, 6) is -0.351. The summed E-state index contributed by atoms with van der Waals surface area (Å²) in [4.78, 5) is 20.2. The molecular weight excluding hydrogens is 299 g/mol. The van der Waals surface area contributed by atoms with Crippen molar-refractivity contribution in [3.63, 3.8) is 0 Å². The third kappa shape index (κ3) is 3.00. The highest BCUT2D eigenvalue weighted by Gasteiger charge is 2.15. The molecule has 0 unspecified atom stereocenters. The lowest BCUT2D eigenvalue weighted by atomic mass is 10.1. The number of nitrogen functional groups attached to an aromatic ring is 1. The maximum atomic E-state index is 12.3. The molecule has 0 spiro atoms. The van der Waals surface area contributed by atoms with E-state index < -0.39 is 0 Å². The first-order chi connectivity index (χ1) is 9.38. The number of aromatic nitrogens is 2. The minimum atomic E-state index is -0.351. The highest BCUT2D eigenvalue weighted by Crippen LogP contribution is 2.27. The second-order valence-corrected chi connectivity index (χ2v) is 5.03. The zero-order chi connectivity index (χ0) is 14.9. The summed E-state index contributed by atoms with van der Waals surface area (Å²) >= 11 is 11.8. The number of rotatable bonds is 2. The molecule has 7 heteroatoms. The van der Waals surface area contributed by atoms with E-state index in [0.717, 1.165) is 5.56 Å². The summed E-state index contributed by atoms with van der Waals surface area (Å²) in [6, 6.07) is 3.18. The molecule has 2 heterocycles. The van der Waals surface area contributed by atoms with E-state index in [2.05, 4.69) is 15.3 Å². The third-order valence-corrected chi connectivity index (χ3v) is 3.20. The van der Waals surface area contributed by atoms with Crippen LogP contribution in [0.4, 0.5) is 11.4 Å². The van der Waals surface area contributed by atoms with Crippen LogP contribution in [0.5, 0.6) is 0 Å². The molecule has 0 atom stereocenters. The summed E-state index contributed by atoms with van der Waals surface area (Å²) in [5, 5.41) is 3.11. The van der Waals surface area contributed by atoms with Gasteiger partial charge in [0.1, 0.15) is 5.15 Å². The molecule has 1 amide bonds. The van der Waals surface area contributed by atoms with Gasteiger partial charge in [-0.3, -0.25) is 9.78 Å². The van der Waals surface area contributed by atoms with Crippen molar-refractivity contribution < 1.29 is 4.79 Å². The standard InChI is InChI=1S/C13H12Cl2N4O/c1-6-3-10(14)18-12(15)11(6)19-13(20)9-4-8(16)5-17-7(9)2/h3-5H,16H2,1-2H3,(H,19,20). The number of hydrogen-bond acceptors (Lipinski definition) is 4. The van der Waals surface area contributed by atoms with Crippen LogP contribution in [0.25, 0.3) is 0 Å². The molecule has 3 N–H and O–H groups in total. The first-order valence-electron chi connectivity index (χ1n) is 5.74. The Morgan fingerprint density at radius 3 is 2.65 bits per heavy atom. The number of aryl methyl sites for hydroxylation is 2. The minimum Gasteiger partial charge on any atom is -0.397 e. The van der Waals surface area contributed by atoms with Crippen LogP contribution in [0, 0.1) is 13.8 Å². The van der Waals surface area contributed by atoms with Gasteiger partial charge < -0.3 is 11.1 Å². The average molecular weight is 311 g/mol. The van der Waals surface area contributed by atoms with Crippen LogP contribution in [0.1, 0.15) is 21.6 Å². The van der Waals surface area contributed by atoms with Crippen LogP contribution in [0.2, 0.25) is 10.3 Å². The van der Waals surface area contributed by atoms with E-state index in [-0.39, 0.29) is 16.2 Å². The van der Waals surface area contributed by atoms with Gasteiger partial charge in [0.05, 0.1) is 28.8 Å². The molecule has 0 radical (unpaired) electrons. The highest BCUT2D eigenvalue weighted by molar-refractivity contribution is 6.35. The van der Waals surface area contributed by atoms with Crippen LogP contribution >= 0.6 is 23.2 Å². The molecular formula is C13H12Cl2N4O. The lowest BCUT2D eigenvalue weighted by Gasteiger charge is -2.11. The van der Waals surface area contributed by atoms with Gasteiger partial charge in [-0.15, -0.1) is 0 Å². The van der Waals surface area contributed by atoms with Crippen LogP contribution in [-0.4, -0.2) is 15.9 Å². The average Bonchev–Trinajstić information content (AvgIpc) is 2.36. The van der Waals surface area contributed by atoms with Crippen LogP contribution in [0.3, 0.4) is 0 Å². The lowest BCUT2D eigenvalue weighted by molar-refractivity contribution is 0.102. The summed E-state index contributed by atoms with van der Waals surface area (Å²) in [6.07, 6.45) is 1.49. The Balaban J connectivity index is 2.35. The Morgan fingerprint density at radius 1 is 1.30 bits per heavy atom. The highest BCUT2D eigenvalue weighted by atomic mass is 35.5. The van der Waals surface area contributed by atoms with Gasteiger partial charge in [-0.05, 0) is 31.5 Å². The molecule has 0 aliphatic rings. The number of anilines is 2. The van der Waals surface area contributed by atoms with E-state index in [1.165, 1.54) is 6.20 Å². The molecule has 0 bridgehead atoms. The van der Waals surface area contributed by atoms with Gasteiger partial charge >= 0.3 is 0 Å². The van der Waals surface area contributed by atoms with Crippen molar-refractivity contribution in [2.24, 2.45) is 0 Å². The van der Waals surface area contributed by atoms with Gasteiger partial charge in [0.2, 0.25) is 0 Å². The number of nitrogens with zero attached hydrogens (tertiary/aromatic N) is 2. The number of carbonyl (C=O) groups excluding carboxylic acids is 1. The van der Waals surface area contributed by atoms with E-state index in [1.54, 1.807) is 26.0 Å². The molecule has 0 aliphatic carbocycles. The molecule has 2 aromatic heterocycles. The quantitative estimate of drug-likeness (QED) is 0.834. The summed E-state index contributed by atoms with van der Waals surface area (Å²) in [7, 11) is 0. The zero-order valence-corrected chi connectivity index (χ0v) is 12.4. The molecule has 2 rings (SSSR count). The molecule has 20 heavy (non-hydrogen) atoms. The smallest absolute Gasteiger partial charge is 0.257 e. The fourth-order valence-corrected chi connectivity index (χ4v) is 2.28. The number of pyridine rings is 2. The summed E-state index contributed by atoms with van der Waals surface area (Å²) in [6.45, 7) is 3.50. The molecule has 0 aliphatic heterocycles. The molecule has 0 saturated heterocycles. The molecule has 5 nitrogen and oxygen atoms in total. The Hall–Kier alpha value is -1.85. The first-order valence-corrected chi connectivity index (χ1v) is 6.50. The van der Waals surface area contributed by atoms with Crippen molar-refractivity contribution in [3.8, 4) is 0 Å². The van der Waals surface area contributed by atoms with Crippen LogP contribution < -0.4 is 11.1 Å². The second kappa shape index (κ2) is 5.64. The maximum Gasteiger partial charge on any atom is 0.257 e. The fourth-order valence-electron chi connectivity index (χ4n) is 1.71. The van der Waals surface area contributed by atoms with E-state index in [9.17, 15) is 4.79 Å². The SMILES string of the molecule is Cc1cc(Cl)nc(Cl)c1NC(=O)c1cc(N)cnc1C. The zero-order valence-electron chi connectivity index (χ0n) is 10.9. The van der Waals surface area contributed by atoms with E-state index in [4.69, 9.17) is 28.9 Å². The Morgan fingerprint density at radius 2 is 2.00 bits per heavy atom. The topological polar surface area (TPSA) is 80.9 Å². The number of nitrogens with one attached hydrogen (secondary N) is 1. The van der Waals surface area contributed by atoms with Gasteiger partial charge in [-0.25, -0.2) is 4.98 Å². The number of hydrogen-bond donors (Lipinski definition) is 2. The number of halogens is 2. The predicted molar refractivity (Wildman–Crippen MR) is 80.3 cm³/mol. The summed E-state index contributed by atoms with van der Waals surface area (Å²) < 4.78 is 0. The molecule has 2 aromatic rings. The van der Waals surface area contributed by atoms with E-state index in [0.29, 0.717) is 22.6 Å². The van der Waals surface area contributed by atoms with Gasteiger partial charge in [0.25, 0.3) is 5.91 Å². The lowest BCUT2D eigenvalue weighted by Crippen LogP contribution is -2.16. The van der Waals surface area contributed by atoms with Crippen molar-refractivity contribution in [2.75, 3.05) is 11.1 Å². The van der Waals surface area contributed by atoms with E-state index >= 15 is 0 Å². The Labute approximate surface area is 126 Å². The Kier molecular flexibility index (Phi) is 4.11. The molecule has 104 valence electrons. The first kappa shape index (κ1) is 14.6. The Bertz CT molecular complexity index is 665. The van der Waals surface area contributed by atoms with Gasteiger partial charge in [-0.1, -0.05) is 23.2 Å². The van der Waals surface area contributed by atoms with Crippen molar-refractivity contribution in [1.29, 1.82) is 0 Å². The second-order valence-electron chi connectivity index (χ2n) is 4.28. The fraction of sp³-hybridized carbons (Fsp3) is 0.154. The van der Waals surface area contributed by atoms with Crippen molar-refractivity contribution in [1.82, 2.24) is 9.97 Å². The molecule has 0 aromatic carbocycles. The van der Waals surface area contributed by atoms with Gasteiger partial charge in [0.15, 0.2) is 5.15 Å². The van der Waals surface area contributed by atoms with Crippen LogP contribution in [-0.2, 0) is 0 Å². The van der Waals surface area contributed by atoms with Crippen molar-refractivity contribution >= 4 is 40.5 Å². The maximum absolute atomic E-state index is 12.3. The van der Waals surface area contributed by atoms with Gasteiger partial charge in [0, 0.05) is 0 Å². The summed E-state index contributed by atoms with van der Waals surface area (Å²) in [5.41, 5.74) is 8.16. The van der Waals surface area contributed by atoms with Crippen LogP contribution in [0.15, 0.2) is 18.3 Å². The van der Waals surface area contributed by atoms with Gasteiger partial charge in [-0.2, -0.15) is 0 Å². The largest absolute Gasteiger partial charge is 0.397 e. The number of carbonyl (C=O) groups is 1. The predicted octanol–water partition coefficient (Wildman–Crippen LogP) is 3.23. The van der Waals surface area contributed by atoms with Crippen molar-refractivity contribution in [2.45, 2.75) is 13.8 Å². The third-order valence-electron chi connectivity index (χ3n) is 2.73. The van der Waals surface area contributed by atoms with Crippen molar-refractivity contribution in [3.05, 3.63) is 45.5 Å². The number of amides is 1. The molecule has 0 saturated carbocycles. The molecule has 0 fully saturated rings. The normalized spacial score (nSPS) is 10.4.